The molecule has 1 nitrogen and oxygen atoms in total. The van der Waals surface area contributed by atoms with Gasteiger partial charge in [-0.05, 0) is 30.0 Å². The fraction of sp³-hybridized carbons (Fsp3) is 0.385. The average Bonchev–Trinajstić information content (AvgIpc) is 2.27. The van der Waals surface area contributed by atoms with E-state index >= 15 is 0 Å². The molecule has 1 aromatic carbocycles. The van der Waals surface area contributed by atoms with Crippen molar-refractivity contribution in [3.05, 3.63) is 48.0 Å². The first-order chi connectivity index (χ1) is 7.84. The molecular formula is C13H15F3O. The lowest BCUT2D eigenvalue weighted by molar-refractivity contribution is -0.137. The van der Waals surface area contributed by atoms with E-state index in [4.69, 9.17) is 0 Å². The fourth-order valence-electron chi connectivity index (χ4n) is 1.48. The van der Waals surface area contributed by atoms with Gasteiger partial charge in [-0.15, -0.1) is 6.58 Å². The lowest BCUT2D eigenvalue weighted by atomic mass is 9.97. The molecular weight excluding hydrogens is 229 g/mol. The second kappa shape index (κ2) is 5.36. The Bertz CT molecular complexity index is 367. The molecule has 0 spiro atoms. The van der Waals surface area contributed by atoms with Gasteiger partial charge in [-0.3, -0.25) is 0 Å². The Kier molecular flexibility index (Phi) is 4.34. The molecule has 94 valence electrons. The number of allylic oxidation sites excluding steroid dienone is 1. The first-order valence-electron chi connectivity index (χ1n) is 5.32. The Labute approximate surface area is 98.6 Å². The number of aliphatic hydroxyl groups excluding tert-OH is 1. The minimum Gasteiger partial charge on any atom is -0.388 e. The van der Waals surface area contributed by atoms with Crippen molar-refractivity contribution in [1.29, 1.82) is 0 Å². The smallest absolute Gasteiger partial charge is 0.388 e. The van der Waals surface area contributed by atoms with Gasteiger partial charge in [0.15, 0.2) is 0 Å². The molecule has 17 heavy (non-hydrogen) atoms. The Balaban J connectivity index is 2.77. The maximum atomic E-state index is 12.3. The number of aliphatic hydroxyl groups is 1. The van der Waals surface area contributed by atoms with Gasteiger partial charge in [-0.1, -0.05) is 25.1 Å². The predicted octanol–water partition coefficient (Wildman–Crippen LogP) is 3.95. The van der Waals surface area contributed by atoms with E-state index in [0.717, 1.165) is 12.1 Å². The highest BCUT2D eigenvalue weighted by atomic mass is 19.4. The quantitative estimate of drug-likeness (QED) is 0.795. The van der Waals surface area contributed by atoms with Crippen LogP contribution in [0.15, 0.2) is 36.9 Å². The predicted molar refractivity (Wildman–Crippen MR) is 60.4 cm³/mol. The molecule has 1 N–H and O–H groups in total. The highest BCUT2D eigenvalue weighted by molar-refractivity contribution is 5.26. The van der Waals surface area contributed by atoms with E-state index in [2.05, 4.69) is 6.58 Å². The second-order valence-corrected chi connectivity index (χ2v) is 4.08. The van der Waals surface area contributed by atoms with Crippen LogP contribution in [0, 0.1) is 5.92 Å². The van der Waals surface area contributed by atoms with Gasteiger partial charge < -0.3 is 5.11 Å². The van der Waals surface area contributed by atoms with Gasteiger partial charge in [0, 0.05) is 0 Å². The van der Waals surface area contributed by atoms with Crippen molar-refractivity contribution in [2.75, 3.05) is 0 Å². The lowest BCUT2D eigenvalue weighted by Gasteiger charge is -2.14. The first kappa shape index (κ1) is 13.8. The summed E-state index contributed by atoms with van der Waals surface area (Å²) < 4.78 is 36.9. The van der Waals surface area contributed by atoms with Crippen molar-refractivity contribution in [2.45, 2.75) is 25.6 Å². The van der Waals surface area contributed by atoms with Gasteiger partial charge in [0.05, 0.1) is 11.7 Å². The SMILES string of the molecule is C=C[C@@H](C)C[C@H](O)c1ccc(C(F)(F)F)cc1. The van der Waals surface area contributed by atoms with Crippen LogP contribution in [0.2, 0.25) is 0 Å². The molecule has 0 bridgehead atoms. The van der Waals surface area contributed by atoms with Gasteiger partial charge in [-0.25, -0.2) is 0 Å². The number of hydrogen-bond acceptors (Lipinski definition) is 1. The highest BCUT2D eigenvalue weighted by Gasteiger charge is 2.30. The summed E-state index contributed by atoms with van der Waals surface area (Å²) in [5.74, 6) is 0.118. The molecule has 0 saturated carbocycles. The van der Waals surface area contributed by atoms with Gasteiger partial charge >= 0.3 is 6.18 Å². The van der Waals surface area contributed by atoms with Crippen LogP contribution >= 0.6 is 0 Å². The molecule has 0 aliphatic heterocycles. The van der Waals surface area contributed by atoms with Crippen molar-refractivity contribution in [3.63, 3.8) is 0 Å². The Morgan fingerprint density at radius 1 is 1.29 bits per heavy atom. The normalized spacial score (nSPS) is 15.4. The van der Waals surface area contributed by atoms with E-state index < -0.39 is 17.8 Å². The van der Waals surface area contributed by atoms with E-state index in [1.807, 2.05) is 6.92 Å². The minimum absolute atomic E-state index is 0.118. The zero-order chi connectivity index (χ0) is 13.1. The van der Waals surface area contributed by atoms with E-state index in [1.54, 1.807) is 6.08 Å². The number of hydrogen-bond donors (Lipinski definition) is 1. The van der Waals surface area contributed by atoms with Gasteiger partial charge in [0.2, 0.25) is 0 Å². The first-order valence-corrected chi connectivity index (χ1v) is 5.32. The van der Waals surface area contributed by atoms with Crippen LogP contribution in [0.3, 0.4) is 0 Å². The van der Waals surface area contributed by atoms with Crippen molar-refractivity contribution in [2.24, 2.45) is 5.92 Å². The van der Waals surface area contributed by atoms with Gasteiger partial charge in [0.1, 0.15) is 0 Å². The van der Waals surface area contributed by atoms with Gasteiger partial charge in [0.25, 0.3) is 0 Å². The van der Waals surface area contributed by atoms with Crippen molar-refractivity contribution in [3.8, 4) is 0 Å². The van der Waals surface area contributed by atoms with Crippen LogP contribution in [-0.2, 0) is 6.18 Å². The Morgan fingerprint density at radius 2 is 1.82 bits per heavy atom. The molecule has 0 amide bonds. The molecule has 0 aliphatic carbocycles. The summed E-state index contributed by atoms with van der Waals surface area (Å²) >= 11 is 0. The van der Waals surface area contributed by atoms with Crippen molar-refractivity contribution >= 4 is 0 Å². The third-order valence-electron chi connectivity index (χ3n) is 2.62. The monoisotopic (exact) mass is 244 g/mol. The molecule has 0 aromatic heterocycles. The molecule has 1 aromatic rings. The average molecular weight is 244 g/mol. The molecule has 4 heteroatoms. The number of rotatable bonds is 4. The summed E-state index contributed by atoms with van der Waals surface area (Å²) in [6.45, 7) is 5.48. The summed E-state index contributed by atoms with van der Waals surface area (Å²) in [6.07, 6.45) is -2.94. The van der Waals surface area contributed by atoms with Crippen LogP contribution in [0.4, 0.5) is 13.2 Å². The van der Waals surface area contributed by atoms with Crippen molar-refractivity contribution in [1.82, 2.24) is 0 Å². The summed E-state index contributed by atoms with van der Waals surface area (Å²) in [5.41, 5.74) is -0.211. The number of halogens is 3. The van der Waals surface area contributed by atoms with E-state index in [1.165, 1.54) is 12.1 Å². The van der Waals surface area contributed by atoms with E-state index in [9.17, 15) is 18.3 Å². The van der Waals surface area contributed by atoms with Crippen LogP contribution < -0.4 is 0 Å². The zero-order valence-electron chi connectivity index (χ0n) is 9.54. The van der Waals surface area contributed by atoms with E-state index in [-0.39, 0.29) is 5.92 Å². The van der Waals surface area contributed by atoms with Crippen LogP contribution in [0.1, 0.15) is 30.6 Å². The third-order valence-corrected chi connectivity index (χ3v) is 2.62. The molecule has 0 fully saturated rings. The van der Waals surface area contributed by atoms with Crippen LogP contribution in [0.25, 0.3) is 0 Å². The van der Waals surface area contributed by atoms with Crippen LogP contribution in [-0.4, -0.2) is 5.11 Å². The number of alkyl halides is 3. The largest absolute Gasteiger partial charge is 0.416 e. The molecule has 2 atom stereocenters. The maximum Gasteiger partial charge on any atom is 0.416 e. The summed E-state index contributed by atoms with van der Waals surface area (Å²) in [5, 5.41) is 9.79. The summed E-state index contributed by atoms with van der Waals surface area (Å²) in [7, 11) is 0. The van der Waals surface area contributed by atoms with Crippen LogP contribution in [0.5, 0.6) is 0 Å². The van der Waals surface area contributed by atoms with E-state index in [0.29, 0.717) is 12.0 Å². The molecule has 0 saturated heterocycles. The lowest BCUT2D eigenvalue weighted by Crippen LogP contribution is -2.06. The molecule has 1 rings (SSSR count). The fourth-order valence-corrected chi connectivity index (χ4v) is 1.48. The molecule has 0 heterocycles. The highest BCUT2D eigenvalue weighted by Crippen LogP contribution is 2.30. The minimum atomic E-state index is -4.34. The molecule has 0 radical (unpaired) electrons. The second-order valence-electron chi connectivity index (χ2n) is 4.08. The zero-order valence-corrected chi connectivity index (χ0v) is 9.54. The number of benzene rings is 1. The maximum absolute atomic E-state index is 12.3. The molecule has 0 unspecified atom stereocenters. The van der Waals surface area contributed by atoms with Crippen molar-refractivity contribution < 1.29 is 18.3 Å². The summed E-state index contributed by atoms with van der Waals surface area (Å²) in [6, 6.07) is 4.58. The Morgan fingerprint density at radius 3 is 2.24 bits per heavy atom. The standard InChI is InChI=1S/C13H15F3O/c1-3-9(2)8-12(17)10-4-6-11(7-5-10)13(14,15)16/h3-7,9,12,17H,1,8H2,2H3/t9-,12+/m1/s1. The molecule has 0 aliphatic rings. The third kappa shape index (κ3) is 3.89. The summed E-state index contributed by atoms with van der Waals surface area (Å²) in [4.78, 5) is 0. The Hall–Kier alpha value is -1.29. The topological polar surface area (TPSA) is 20.2 Å². The van der Waals surface area contributed by atoms with Gasteiger partial charge in [-0.2, -0.15) is 13.2 Å².